The van der Waals surface area contributed by atoms with Crippen LogP contribution < -0.4 is 9.80 Å². The highest BCUT2D eigenvalue weighted by Gasteiger charge is 2.35. The average molecular weight is 476 g/mol. The number of anilines is 3. The van der Waals surface area contributed by atoms with Crippen molar-refractivity contribution in [2.24, 2.45) is 0 Å². The lowest BCUT2D eigenvalue weighted by molar-refractivity contribution is -0.129. The lowest BCUT2D eigenvalue weighted by atomic mass is 10.1. The molecule has 5 rings (SSSR count). The van der Waals surface area contributed by atoms with Crippen LogP contribution in [0.2, 0.25) is 0 Å². The van der Waals surface area contributed by atoms with Gasteiger partial charge in [0, 0.05) is 37.4 Å². The van der Waals surface area contributed by atoms with Crippen LogP contribution in [0.25, 0.3) is 0 Å². The number of nitrogens with zero attached hydrogens (tertiary/aromatic N) is 3. The van der Waals surface area contributed by atoms with Gasteiger partial charge in [0.25, 0.3) is 0 Å². The van der Waals surface area contributed by atoms with Gasteiger partial charge < -0.3 is 14.7 Å². The standard InChI is InChI=1S/C26H25N3O4S/c1-19(30)20-10-12-21(13-11-20)27-14-16-28(17-15-27)26(31)18-29-22-6-2-4-8-24(22)34(32,33)25-9-5-3-7-23(25)29/h2-13H,14-18H2,1H3. The van der Waals surface area contributed by atoms with E-state index >= 15 is 0 Å². The molecule has 0 N–H and O–H groups in total. The van der Waals surface area contributed by atoms with Crippen LogP contribution in [0.1, 0.15) is 17.3 Å². The molecule has 0 aromatic heterocycles. The van der Waals surface area contributed by atoms with Crippen LogP contribution in [-0.4, -0.2) is 57.7 Å². The van der Waals surface area contributed by atoms with Crippen LogP contribution in [-0.2, 0) is 14.6 Å². The first-order valence-corrected chi connectivity index (χ1v) is 12.7. The molecule has 7 nitrogen and oxygen atoms in total. The van der Waals surface area contributed by atoms with Crippen molar-refractivity contribution in [3.05, 3.63) is 78.4 Å². The number of para-hydroxylation sites is 2. The second-order valence-electron chi connectivity index (χ2n) is 8.50. The minimum Gasteiger partial charge on any atom is -0.368 e. The van der Waals surface area contributed by atoms with Gasteiger partial charge in [0.15, 0.2) is 5.78 Å². The summed E-state index contributed by atoms with van der Waals surface area (Å²) in [6, 6.07) is 21.2. The number of carbonyl (C=O) groups is 2. The third-order valence-electron chi connectivity index (χ3n) is 6.46. The third kappa shape index (κ3) is 3.84. The van der Waals surface area contributed by atoms with Gasteiger partial charge in [0.05, 0.1) is 21.2 Å². The molecule has 2 heterocycles. The van der Waals surface area contributed by atoms with Gasteiger partial charge in [-0.3, -0.25) is 9.59 Å². The minimum absolute atomic E-state index is 0.0376. The highest BCUT2D eigenvalue weighted by Crippen LogP contribution is 2.43. The van der Waals surface area contributed by atoms with E-state index < -0.39 is 9.84 Å². The normalized spacial score (nSPS) is 16.6. The minimum atomic E-state index is -3.64. The number of carbonyl (C=O) groups excluding carboxylic acids is 2. The second-order valence-corrected chi connectivity index (χ2v) is 10.4. The molecule has 174 valence electrons. The Morgan fingerprint density at radius 1 is 0.765 bits per heavy atom. The maximum absolute atomic E-state index is 13.3. The summed E-state index contributed by atoms with van der Waals surface area (Å²) < 4.78 is 26.2. The van der Waals surface area contributed by atoms with Crippen LogP contribution in [0, 0.1) is 0 Å². The highest BCUT2D eigenvalue weighted by atomic mass is 32.2. The Labute approximate surface area is 199 Å². The van der Waals surface area contributed by atoms with Crippen LogP contribution in [0.3, 0.4) is 0 Å². The van der Waals surface area contributed by atoms with Crippen molar-refractivity contribution in [3.63, 3.8) is 0 Å². The molecule has 8 heteroatoms. The van der Waals surface area contributed by atoms with Crippen molar-refractivity contribution in [2.45, 2.75) is 16.7 Å². The number of benzene rings is 3. The fourth-order valence-electron chi connectivity index (χ4n) is 4.59. The van der Waals surface area contributed by atoms with Crippen LogP contribution in [0.4, 0.5) is 17.1 Å². The number of hydrogen-bond donors (Lipinski definition) is 0. The van der Waals surface area contributed by atoms with E-state index in [1.165, 1.54) is 0 Å². The Balaban J connectivity index is 1.32. The predicted molar refractivity (Wildman–Crippen MR) is 131 cm³/mol. The summed E-state index contributed by atoms with van der Waals surface area (Å²) in [7, 11) is -3.64. The van der Waals surface area contributed by atoms with Gasteiger partial charge in [-0.15, -0.1) is 0 Å². The molecular weight excluding hydrogens is 450 g/mol. The van der Waals surface area contributed by atoms with Crippen LogP contribution in [0.5, 0.6) is 0 Å². The molecule has 0 spiro atoms. The Kier molecular flexibility index (Phi) is 5.61. The van der Waals surface area contributed by atoms with Crippen molar-refractivity contribution in [1.29, 1.82) is 0 Å². The van der Waals surface area contributed by atoms with E-state index in [4.69, 9.17) is 0 Å². The van der Waals surface area contributed by atoms with E-state index in [9.17, 15) is 18.0 Å². The second kappa shape index (κ2) is 8.61. The van der Waals surface area contributed by atoms with Crippen molar-refractivity contribution < 1.29 is 18.0 Å². The molecule has 3 aromatic rings. The Morgan fingerprint density at radius 3 is 1.82 bits per heavy atom. The summed E-state index contributed by atoms with van der Waals surface area (Å²) in [5, 5.41) is 0. The Bertz CT molecular complexity index is 1310. The van der Waals surface area contributed by atoms with Crippen LogP contribution >= 0.6 is 0 Å². The number of sulfone groups is 1. The molecule has 0 radical (unpaired) electrons. The van der Waals surface area contributed by atoms with E-state index in [1.807, 2.05) is 29.2 Å². The number of fused-ring (bicyclic) bond motifs is 2. The van der Waals surface area contributed by atoms with Gasteiger partial charge in [0.1, 0.15) is 6.54 Å². The molecule has 0 aliphatic carbocycles. The van der Waals surface area contributed by atoms with Gasteiger partial charge in [-0.2, -0.15) is 0 Å². The molecule has 1 amide bonds. The van der Waals surface area contributed by atoms with Crippen molar-refractivity contribution >= 4 is 38.6 Å². The van der Waals surface area contributed by atoms with Crippen molar-refractivity contribution in [2.75, 3.05) is 42.5 Å². The maximum Gasteiger partial charge on any atom is 0.242 e. The lowest BCUT2D eigenvalue weighted by Crippen LogP contribution is -2.51. The number of piperazine rings is 1. The van der Waals surface area contributed by atoms with Crippen molar-refractivity contribution in [1.82, 2.24) is 4.90 Å². The SMILES string of the molecule is CC(=O)c1ccc(N2CCN(C(=O)CN3c4ccccc4S(=O)(=O)c4ccccc43)CC2)cc1. The first-order valence-electron chi connectivity index (χ1n) is 11.2. The van der Waals surface area contributed by atoms with Gasteiger partial charge >= 0.3 is 0 Å². The summed E-state index contributed by atoms with van der Waals surface area (Å²) in [6.45, 7) is 4.13. The first kappa shape index (κ1) is 22.2. The van der Waals surface area contributed by atoms with Gasteiger partial charge in [0.2, 0.25) is 15.7 Å². The number of Topliss-reactive ketones (excluding diaryl/α,β-unsaturated/α-hetero) is 1. The van der Waals surface area contributed by atoms with Crippen LogP contribution in [0.15, 0.2) is 82.6 Å². The number of amides is 1. The lowest BCUT2D eigenvalue weighted by Gasteiger charge is -2.38. The summed E-state index contributed by atoms with van der Waals surface area (Å²) >= 11 is 0. The molecule has 1 saturated heterocycles. The Morgan fingerprint density at radius 2 is 1.29 bits per heavy atom. The number of hydrogen-bond acceptors (Lipinski definition) is 6. The zero-order valence-corrected chi connectivity index (χ0v) is 19.7. The molecule has 3 aromatic carbocycles. The van der Waals surface area contributed by atoms with E-state index in [1.54, 1.807) is 60.4 Å². The maximum atomic E-state index is 13.3. The van der Waals surface area contributed by atoms with E-state index in [-0.39, 0.29) is 28.0 Å². The zero-order chi connectivity index (χ0) is 23.9. The van der Waals surface area contributed by atoms with Gasteiger partial charge in [-0.25, -0.2) is 8.42 Å². The molecular formula is C26H25N3O4S. The highest BCUT2D eigenvalue weighted by molar-refractivity contribution is 7.92. The summed E-state index contributed by atoms with van der Waals surface area (Å²) in [4.78, 5) is 31.1. The van der Waals surface area contributed by atoms with Gasteiger partial charge in [-0.05, 0) is 55.5 Å². The Hall–Kier alpha value is -3.65. The fourth-order valence-corrected chi connectivity index (χ4v) is 6.25. The largest absolute Gasteiger partial charge is 0.368 e. The molecule has 0 unspecified atom stereocenters. The van der Waals surface area contributed by atoms with Crippen molar-refractivity contribution in [3.8, 4) is 0 Å². The zero-order valence-electron chi connectivity index (χ0n) is 18.8. The molecule has 34 heavy (non-hydrogen) atoms. The molecule has 2 aliphatic rings. The molecule has 2 aliphatic heterocycles. The fraction of sp³-hybridized carbons (Fsp3) is 0.231. The summed E-state index contributed by atoms with van der Waals surface area (Å²) in [5.74, 6) is -0.00823. The molecule has 0 saturated carbocycles. The molecule has 0 atom stereocenters. The number of ketones is 1. The monoisotopic (exact) mass is 475 g/mol. The summed E-state index contributed by atoms with van der Waals surface area (Å²) in [5.41, 5.74) is 2.76. The molecule has 1 fully saturated rings. The topological polar surface area (TPSA) is 78.0 Å². The summed E-state index contributed by atoms with van der Waals surface area (Å²) in [6.07, 6.45) is 0. The quantitative estimate of drug-likeness (QED) is 0.538. The smallest absolute Gasteiger partial charge is 0.242 e. The van der Waals surface area contributed by atoms with Gasteiger partial charge in [-0.1, -0.05) is 24.3 Å². The molecule has 0 bridgehead atoms. The van der Waals surface area contributed by atoms with E-state index in [0.717, 1.165) is 5.69 Å². The van der Waals surface area contributed by atoms with E-state index in [2.05, 4.69) is 4.90 Å². The predicted octanol–water partition coefficient (Wildman–Crippen LogP) is 3.52. The first-order chi connectivity index (χ1) is 16.4. The number of rotatable bonds is 4. The average Bonchev–Trinajstić information content (AvgIpc) is 2.87. The third-order valence-corrected chi connectivity index (χ3v) is 8.30. The van der Waals surface area contributed by atoms with E-state index in [0.29, 0.717) is 43.1 Å².